The van der Waals surface area contributed by atoms with Crippen molar-refractivity contribution in [1.82, 2.24) is 10.3 Å². The molecule has 94 valence electrons. The van der Waals surface area contributed by atoms with Gasteiger partial charge >= 0.3 is 0 Å². The first-order valence-electron chi connectivity index (χ1n) is 6.79. The highest BCUT2D eigenvalue weighted by molar-refractivity contribution is 5.15. The Hall–Kier alpha value is -0.890. The Bertz CT molecular complexity index is 336. The van der Waals surface area contributed by atoms with Crippen molar-refractivity contribution in [2.24, 2.45) is 17.8 Å². The van der Waals surface area contributed by atoms with Crippen LogP contribution in [0, 0.1) is 17.8 Å². The van der Waals surface area contributed by atoms with Crippen LogP contribution in [0.5, 0.6) is 0 Å². The van der Waals surface area contributed by atoms with Gasteiger partial charge < -0.3 is 5.32 Å². The SMILES string of the molecule is CNC(c1cccnc1)C1CCC(C)C(C)C1. The minimum atomic E-state index is 0.471. The van der Waals surface area contributed by atoms with Crippen molar-refractivity contribution >= 4 is 0 Å². The predicted molar refractivity (Wildman–Crippen MR) is 71.7 cm³/mol. The number of nitrogens with zero attached hydrogens (tertiary/aromatic N) is 1. The molecule has 4 atom stereocenters. The van der Waals surface area contributed by atoms with Crippen LogP contribution in [-0.4, -0.2) is 12.0 Å². The molecule has 0 spiro atoms. The number of rotatable bonds is 3. The lowest BCUT2D eigenvalue weighted by molar-refractivity contribution is 0.174. The van der Waals surface area contributed by atoms with Crippen LogP contribution in [0.15, 0.2) is 24.5 Å². The van der Waals surface area contributed by atoms with E-state index in [1.54, 1.807) is 0 Å². The van der Waals surface area contributed by atoms with E-state index in [9.17, 15) is 0 Å². The van der Waals surface area contributed by atoms with Crippen LogP contribution >= 0.6 is 0 Å². The zero-order valence-electron chi connectivity index (χ0n) is 11.2. The Morgan fingerprint density at radius 3 is 2.71 bits per heavy atom. The molecule has 0 bridgehead atoms. The average molecular weight is 232 g/mol. The summed E-state index contributed by atoms with van der Waals surface area (Å²) in [6, 6.07) is 4.70. The van der Waals surface area contributed by atoms with Gasteiger partial charge in [-0.2, -0.15) is 0 Å². The van der Waals surface area contributed by atoms with Crippen molar-refractivity contribution in [1.29, 1.82) is 0 Å². The fourth-order valence-electron chi connectivity index (χ4n) is 3.13. The average Bonchev–Trinajstić information content (AvgIpc) is 2.36. The molecule has 2 heteroatoms. The van der Waals surface area contributed by atoms with Gasteiger partial charge in [0.1, 0.15) is 0 Å². The summed E-state index contributed by atoms with van der Waals surface area (Å²) in [4.78, 5) is 4.24. The zero-order chi connectivity index (χ0) is 12.3. The standard InChI is InChI=1S/C15H24N2/c1-11-6-7-13(9-12(11)2)15(16-3)14-5-4-8-17-10-14/h4-5,8,10-13,15-16H,6-7,9H2,1-3H3. The van der Waals surface area contributed by atoms with Crippen LogP contribution in [0.1, 0.15) is 44.7 Å². The molecule has 1 aromatic heterocycles. The maximum Gasteiger partial charge on any atom is 0.0361 e. The second-order valence-corrected chi connectivity index (χ2v) is 5.58. The first-order chi connectivity index (χ1) is 8.22. The first-order valence-corrected chi connectivity index (χ1v) is 6.79. The molecule has 1 saturated carbocycles. The number of pyridine rings is 1. The van der Waals surface area contributed by atoms with Gasteiger partial charge in [-0.15, -0.1) is 0 Å². The molecule has 4 unspecified atom stereocenters. The highest BCUT2D eigenvalue weighted by atomic mass is 14.9. The van der Waals surface area contributed by atoms with E-state index < -0.39 is 0 Å². The minimum Gasteiger partial charge on any atom is -0.313 e. The molecule has 0 aromatic carbocycles. The van der Waals surface area contributed by atoms with Crippen LogP contribution in [-0.2, 0) is 0 Å². The van der Waals surface area contributed by atoms with E-state index >= 15 is 0 Å². The van der Waals surface area contributed by atoms with Crippen molar-refractivity contribution in [3.8, 4) is 0 Å². The lowest BCUT2D eigenvalue weighted by atomic mass is 9.72. The van der Waals surface area contributed by atoms with Gasteiger partial charge in [0.25, 0.3) is 0 Å². The van der Waals surface area contributed by atoms with Gasteiger partial charge in [0.15, 0.2) is 0 Å². The molecule has 2 nitrogen and oxygen atoms in total. The van der Waals surface area contributed by atoms with Crippen LogP contribution < -0.4 is 5.32 Å². The Labute approximate surface area is 105 Å². The number of nitrogens with one attached hydrogen (secondary N) is 1. The Morgan fingerprint density at radius 2 is 2.12 bits per heavy atom. The summed E-state index contributed by atoms with van der Waals surface area (Å²) in [5.74, 6) is 2.49. The summed E-state index contributed by atoms with van der Waals surface area (Å²) in [5.41, 5.74) is 1.33. The second-order valence-electron chi connectivity index (χ2n) is 5.58. The van der Waals surface area contributed by atoms with Crippen LogP contribution in [0.25, 0.3) is 0 Å². The highest BCUT2D eigenvalue weighted by Gasteiger charge is 2.30. The number of aromatic nitrogens is 1. The Morgan fingerprint density at radius 1 is 1.29 bits per heavy atom. The largest absolute Gasteiger partial charge is 0.313 e. The molecule has 17 heavy (non-hydrogen) atoms. The van der Waals surface area contributed by atoms with Crippen molar-refractivity contribution in [2.75, 3.05) is 7.05 Å². The molecule has 2 rings (SSSR count). The normalized spacial score (nSPS) is 31.1. The third kappa shape index (κ3) is 2.86. The molecule has 1 aliphatic rings. The molecule has 1 aliphatic carbocycles. The summed E-state index contributed by atoms with van der Waals surface area (Å²) in [7, 11) is 2.07. The summed E-state index contributed by atoms with van der Waals surface area (Å²) in [6.45, 7) is 4.78. The molecule has 0 saturated heterocycles. The van der Waals surface area contributed by atoms with E-state index in [0.29, 0.717) is 6.04 Å². The molecule has 0 radical (unpaired) electrons. The van der Waals surface area contributed by atoms with E-state index in [-0.39, 0.29) is 0 Å². The van der Waals surface area contributed by atoms with Crippen molar-refractivity contribution in [2.45, 2.75) is 39.2 Å². The van der Waals surface area contributed by atoms with Gasteiger partial charge in [-0.05, 0) is 49.3 Å². The van der Waals surface area contributed by atoms with Crippen molar-refractivity contribution in [3.05, 3.63) is 30.1 Å². The maximum absolute atomic E-state index is 4.24. The van der Waals surface area contributed by atoms with Crippen molar-refractivity contribution < 1.29 is 0 Å². The topological polar surface area (TPSA) is 24.9 Å². The monoisotopic (exact) mass is 232 g/mol. The van der Waals surface area contributed by atoms with E-state index in [0.717, 1.165) is 17.8 Å². The van der Waals surface area contributed by atoms with E-state index in [1.165, 1.54) is 24.8 Å². The fourth-order valence-corrected chi connectivity index (χ4v) is 3.13. The number of hydrogen-bond acceptors (Lipinski definition) is 2. The molecular formula is C15H24N2. The minimum absolute atomic E-state index is 0.471. The Kier molecular flexibility index (Phi) is 4.16. The molecular weight excluding hydrogens is 208 g/mol. The Balaban J connectivity index is 2.09. The molecule has 0 amide bonds. The lowest BCUT2D eigenvalue weighted by Gasteiger charge is -2.36. The third-order valence-corrected chi connectivity index (χ3v) is 4.46. The van der Waals surface area contributed by atoms with E-state index in [2.05, 4.69) is 37.3 Å². The lowest BCUT2D eigenvalue weighted by Crippen LogP contribution is -2.31. The smallest absolute Gasteiger partial charge is 0.0361 e. The van der Waals surface area contributed by atoms with E-state index in [1.807, 2.05) is 18.5 Å². The summed E-state index contributed by atoms with van der Waals surface area (Å²) < 4.78 is 0. The van der Waals surface area contributed by atoms with Crippen molar-refractivity contribution in [3.63, 3.8) is 0 Å². The fraction of sp³-hybridized carbons (Fsp3) is 0.667. The maximum atomic E-state index is 4.24. The van der Waals surface area contributed by atoms with Gasteiger partial charge in [0.2, 0.25) is 0 Å². The highest BCUT2D eigenvalue weighted by Crippen LogP contribution is 2.39. The predicted octanol–water partition coefficient (Wildman–Crippen LogP) is 3.41. The van der Waals surface area contributed by atoms with E-state index in [4.69, 9.17) is 0 Å². The summed E-state index contributed by atoms with van der Waals surface area (Å²) in [6.07, 6.45) is 7.89. The van der Waals surface area contributed by atoms with Gasteiger partial charge in [0.05, 0.1) is 0 Å². The summed E-state index contributed by atoms with van der Waals surface area (Å²) >= 11 is 0. The molecule has 1 aromatic rings. The number of hydrogen-bond donors (Lipinski definition) is 1. The second kappa shape index (κ2) is 5.63. The molecule has 1 N–H and O–H groups in total. The van der Waals surface area contributed by atoms with Gasteiger partial charge in [-0.25, -0.2) is 0 Å². The van der Waals surface area contributed by atoms with Crippen LogP contribution in [0.4, 0.5) is 0 Å². The first kappa shape index (κ1) is 12.6. The quantitative estimate of drug-likeness (QED) is 0.864. The van der Waals surface area contributed by atoms with Gasteiger partial charge in [-0.1, -0.05) is 26.3 Å². The zero-order valence-corrected chi connectivity index (χ0v) is 11.2. The van der Waals surface area contributed by atoms with Gasteiger partial charge in [-0.3, -0.25) is 4.98 Å². The molecule has 0 aliphatic heterocycles. The molecule has 1 fully saturated rings. The van der Waals surface area contributed by atoms with Gasteiger partial charge in [0, 0.05) is 18.4 Å². The van der Waals surface area contributed by atoms with Crippen LogP contribution in [0.3, 0.4) is 0 Å². The summed E-state index contributed by atoms with van der Waals surface area (Å²) in [5, 5.41) is 3.48. The molecule has 1 heterocycles. The van der Waals surface area contributed by atoms with Crippen LogP contribution in [0.2, 0.25) is 0 Å². The third-order valence-electron chi connectivity index (χ3n) is 4.46.